The molecule has 2 saturated carbocycles. The molecule has 7 heteroatoms. The summed E-state index contributed by atoms with van der Waals surface area (Å²) in [6.45, 7) is 0.561. The van der Waals surface area contributed by atoms with Gasteiger partial charge in [0, 0.05) is 24.5 Å². The maximum Gasteiger partial charge on any atom is 0.306 e. The van der Waals surface area contributed by atoms with Crippen molar-refractivity contribution in [3.8, 4) is 0 Å². The highest BCUT2D eigenvalue weighted by Crippen LogP contribution is 2.48. The molecule has 28 heavy (non-hydrogen) atoms. The summed E-state index contributed by atoms with van der Waals surface area (Å²) in [4.78, 5) is 35.8. The Morgan fingerprint density at radius 3 is 2.46 bits per heavy atom. The molecule has 0 bridgehead atoms. The average molecular weight is 394 g/mol. The van der Waals surface area contributed by atoms with Crippen LogP contribution in [0.25, 0.3) is 0 Å². The van der Waals surface area contributed by atoms with Gasteiger partial charge in [-0.05, 0) is 69.6 Å². The normalized spacial score (nSPS) is 35.4. The summed E-state index contributed by atoms with van der Waals surface area (Å²) in [5, 5.41) is 5.98. The monoisotopic (exact) mass is 393 g/mol. The summed E-state index contributed by atoms with van der Waals surface area (Å²) >= 11 is 0. The smallest absolute Gasteiger partial charge is 0.306 e. The number of nitrogens with two attached hydrogens (primary N) is 1. The molecule has 1 heterocycles. The second-order valence-electron chi connectivity index (χ2n) is 9.11. The lowest BCUT2D eigenvalue weighted by Crippen LogP contribution is -2.40. The predicted octanol–water partition coefficient (Wildman–Crippen LogP) is 1.64. The molecule has 1 aliphatic heterocycles. The van der Waals surface area contributed by atoms with E-state index in [2.05, 4.69) is 15.4 Å². The molecular weight excluding hydrogens is 358 g/mol. The number of carbonyl (C=O) groups is 3. The number of hydrogen-bond donors (Lipinski definition) is 3. The first kappa shape index (κ1) is 21.1. The van der Waals surface area contributed by atoms with Crippen molar-refractivity contribution in [3.63, 3.8) is 0 Å². The van der Waals surface area contributed by atoms with Crippen LogP contribution in [-0.4, -0.2) is 43.5 Å². The minimum absolute atomic E-state index is 0.0172. The molecule has 3 aliphatic rings. The number of ether oxygens (including phenoxy) is 1. The van der Waals surface area contributed by atoms with E-state index in [0.29, 0.717) is 30.8 Å². The van der Waals surface area contributed by atoms with E-state index >= 15 is 0 Å². The number of hydrogen-bond acceptors (Lipinski definition) is 5. The molecule has 3 fully saturated rings. The molecule has 2 aliphatic carbocycles. The van der Waals surface area contributed by atoms with E-state index in [1.165, 1.54) is 20.0 Å². The van der Waals surface area contributed by atoms with Crippen LogP contribution in [0.1, 0.15) is 70.6 Å². The SMILES string of the molecule is COC(=O)C[C@@H]1C[C@@H](CCNC(=O)C2CCC3(CCC(N)CC3)CC2)NC1=O. The Labute approximate surface area is 167 Å². The van der Waals surface area contributed by atoms with Gasteiger partial charge in [-0.25, -0.2) is 0 Å². The number of rotatable bonds is 6. The fourth-order valence-corrected chi connectivity index (χ4v) is 5.24. The summed E-state index contributed by atoms with van der Waals surface area (Å²) < 4.78 is 4.64. The minimum atomic E-state index is -0.357. The van der Waals surface area contributed by atoms with Gasteiger partial charge in [0.05, 0.1) is 19.4 Å². The number of carbonyl (C=O) groups excluding carboxylic acids is 3. The highest BCUT2D eigenvalue weighted by molar-refractivity contribution is 5.85. The van der Waals surface area contributed by atoms with Gasteiger partial charge in [0.2, 0.25) is 11.8 Å². The fourth-order valence-electron chi connectivity index (χ4n) is 5.24. The molecule has 1 saturated heterocycles. The van der Waals surface area contributed by atoms with Crippen LogP contribution in [-0.2, 0) is 19.1 Å². The van der Waals surface area contributed by atoms with E-state index < -0.39 is 0 Å². The van der Waals surface area contributed by atoms with E-state index in [4.69, 9.17) is 5.73 Å². The Morgan fingerprint density at radius 2 is 1.82 bits per heavy atom. The van der Waals surface area contributed by atoms with Gasteiger partial charge in [0.15, 0.2) is 0 Å². The standard InChI is InChI=1S/C21H35N3O4/c1-28-18(25)13-15-12-17(24-20(15)27)6-11-23-19(26)14-2-7-21(8-3-14)9-4-16(22)5-10-21/h14-17H,2-13,22H2,1H3,(H,23,26)(H,24,27)/t14?,15-,16?,17+,21?/m0/s1. The highest BCUT2D eigenvalue weighted by atomic mass is 16.5. The maximum absolute atomic E-state index is 12.5. The van der Waals surface area contributed by atoms with Crippen molar-refractivity contribution >= 4 is 17.8 Å². The molecule has 1 spiro atoms. The number of esters is 1. The molecule has 0 radical (unpaired) electrons. The summed E-state index contributed by atoms with van der Waals surface area (Å²) in [5.41, 5.74) is 6.48. The van der Waals surface area contributed by atoms with Gasteiger partial charge in [0.25, 0.3) is 0 Å². The summed E-state index contributed by atoms with van der Waals surface area (Å²) in [7, 11) is 1.33. The first-order chi connectivity index (χ1) is 13.4. The van der Waals surface area contributed by atoms with Crippen LogP contribution >= 0.6 is 0 Å². The molecule has 4 N–H and O–H groups in total. The zero-order valence-electron chi connectivity index (χ0n) is 17.0. The molecule has 0 aromatic rings. The zero-order valence-corrected chi connectivity index (χ0v) is 17.0. The molecule has 0 aromatic carbocycles. The van der Waals surface area contributed by atoms with Crippen molar-refractivity contribution in [2.45, 2.75) is 82.7 Å². The van der Waals surface area contributed by atoms with Gasteiger partial charge in [-0.3, -0.25) is 14.4 Å². The Bertz CT molecular complexity index is 576. The van der Waals surface area contributed by atoms with Crippen LogP contribution in [0.15, 0.2) is 0 Å². The largest absolute Gasteiger partial charge is 0.469 e. The lowest BCUT2D eigenvalue weighted by molar-refractivity contribution is -0.143. The van der Waals surface area contributed by atoms with Gasteiger partial charge in [-0.15, -0.1) is 0 Å². The number of methoxy groups -OCH3 is 1. The van der Waals surface area contributed by atoms with Gasteiger partial charge in [0.1, 0.15) is 0 Å². The van der Waals surface area contributed by atoms with Crippen LogP contribution in [0.4, 0.5) is 0 Å². The van der Waals surface area contributed by atoms with Crippen molar-refractivity contribution in [2.24, 2.45) is 23.0 Å². The van der Waals surface area contributed by atoms with Gasteiger partial charge < -0.3 is 21.1 Å². The Hall–Kier alpha value is -1.63. The lowest BCUT2D eigenvalue weighted by atomic mass is 9.62. The van der Waals surface area contributed by atoms with Crippen LogP contribution in [0.2, 0.25) is 0 Å². The van der Waals surface area contributed by atoms with Crippen molar-refractivity contribution in [1.82, 2.24) is 10.6 Å². The molecule has 158 valence electrons. The number of amides is 2. The first-order valence-electron chi connectivity index (χ1n) is 10.8. The quantitative estimate of drug-likeness (QED) is 0.594. The van der Waals surface area contributed by atoms with Crippen LogP contribution in [0.3, 0.4) is 0 Å². The van der Waals surface area contributed by atoms with Crippen molar-refractivity contribution in [1.29, 1.82) is 0 Å². The molecule has 0 aromatic heterocycles. The molecular formula is C21H35N3O4. The third-order valence-electron chi connectivity index (χ3n) is 7.23. The van der Waals surface area contributed by atoms with Gasteiger partial charge in [-0.2, -0.15) is 0 Å². The van der Waals surface area contributed by atoms with E-state index in [1.807, 2.05) is 0 Å². The van der Waals surface area contributed by atoms with Crippen molar-refractivity contribution < 1.29 is 19.1 Å². The van der Waals surface area contributed by atoms with Crippen LogP contribution in [0.5, 0.6) is 0 Å². The van der Waals surface area contributed by atoms with Gasteiger partial charge >= 0.3 is 5.97 Å². The average Bonchev–Trinajstić information content (AvgIpc) is 3.04. The van der Waals surface area contributed by atoms with Crippen LogP contribution in [0, 0.1) is 17.3 Å². The summed E-state index contributed by atoms with van der Waals surface area (Å²) in [6.07, 6.45) is 10.4. The molecule has 2 amide bonds. The minimum Gasteiger partial charge on any atom is -0.469 e. The third-order valence-corrected chi connectivity index (χ3v) is 7.23. The highest BCUT2D eigenvalue weighted by Gasteiger charge is 2.39. The third kappa shape index (κ3) is 5.25. The van der Waals surface area contributed by atoms with Gasteiger partial charge in [-0.1, -0.05) is 0 Å². The number of nitrogens with one attached hydrogen (secondary N) is 2. The summed E-state index contributed by atoms with van der Waals surface area (Å²) in [5.74, 6) is -0.494. The molecule has 7 nitrogen and oxygen atoms in total. The molecule has 2 atom stereocenters. The van der Waals surface area contributed by atoms with E-state index in [1.54, 1.807) is 0 Å². The Morgan fingerprint density at radius 1 is 1.18 bits per heavy atom. The Balaban J connectivity index is 1.34. The second-order valence-corrected chi connectivity index (χ2v) is 9.11. The molecule has 3 rings (SSSR count). The zero-order chi connectivity index (χ0) is 20.1. The lowest BCUT2D eigenvalue weighted by Gasteiger charge is -2.44. The first-order valence-corrected chi connectivity index (χ1v) is 10.8. The van der Waals surface area contributed by atoms with E-state index in [9.17, 15) is 14.4 Å². The predicted molar refractivity (Wildman–Crippen MR) is 105 cm³/mol. The van der Waals surface area contributed by atoms with E-state index in [0.717, 1.165) is 38.5 Å². The van der Waals surface area contributed by atoms with Crippen molar-refractivity contribution in [3.05, 3.63) is 0 Å². The van der Waals surface area contributed by atoms with Crippen molar-refractivity contribution in [2.75, 3.05) is 13.7 Å². The van der Waals surface area contributed by atoms with Crippen LogP contribution < -0.4 is 16.4 Å². The fraction of sp³-hybridized carbons (Fsp3) is 0.857. The molecule has 0 unspecified atom stereocenters. The summed E-state index contributed by atoms with van der Waals surface area (Å²) in [6, 6.07) is 0.387. The topological polar surface area (TPSA) is 111 Å². The Kier molecular flexibility index (Phi) is 6.96. The maximum atomic E-state index is 12.5. The second kappa shape index (κ2) is 9.25. The van der Waals surface area contributed by atoms with E-state index in [-0.39, 0.29) is 42.1 Å².